The van der Waals surface area contributed by atoms with Gasteiger partial charge in [-0.3, -0.25) is 4.79 Å². The lowest BCUT2D eigenvalue weighted by Crippen LogP contribution is -2.23. The van der Waals surface area contributed by atoms with Crippen LogP contribution in [0.15, 0.2) is 30.5 Å². The summed E-state index contributed by atoms with van der Waals surface area (Å²) < 4.78 is 5.06. The van der Waals surface area contributed by atoms with Crippen LogP contribution in [-0.2, 0) is 16.1 Å². The Morgan fingerprint density at radius 3 is 3.11 bits per heavy atom. The standard InChI is InChI=1S/C13H17N3O2/c14-13(17)9-18-7-6-15-8-10-2-1-3-12-11(10)4-5-16-12/h1-5,15-16H,6-9H2,(H2,14,17). The van der Waals surface area contributed by atoms with Gasteiger partial charge in [0.15, 0.2) is 0 Å². The number of amides is 1. The van der Waals surface area contributed by atoms with Crippen molar-refractivity contribution in [1.29, 1.82) is 0 Å². The maximum absolute atomic E-state index is 10.4. The number of hydrogen-bond donors (Lipinski definition) is 3. The Kier molecular flexibility index (Phi) is 4.33. The molecule has 0 aliphatic heterocycles. The quantitative estimate of drug-likeness (QED) is 0.632. The predicted octanol–water partition coefficient (Wildman–Crippen LogP) is 0.759. The number of ether oxygens (including phenoxy) is 1. The van der Waals surface area contributed by atoms with Gasteiger partial charge in [-0.25, -0.2) is 0 Å². The molecule has 0 atom stereocenters. The third-order valence-corrected chi connectivity index (χ3v) is 2.67. The number of primary amides is 1. The van der Waals surface area contributed by atoms with Crippen molar-refractivity contribution in [2.24, 2.45) is 5.73 Å². The molecule has 0 aliphatic carbocycles. The Morgan fingerprint density at radius 2 is 2.28 bits per heavy atom. The summed E-state index contributed by atoms with van der Waals surface area (Å²) in [5, 5.41) is 4.49. The summed E-state index contributed by atoms with van der Waals surface area (Å²) in [4.78, 5) is 13.6. The van der Waals surface area contributed by atoms with Gasteiger partial charge in [0.1, 0.15) is 6.61 Å². The molecule has 0 unspecified atom stereocenters. The minimum Gasteiger partial charge on any atom is -0.370 e. The molecule has 2 rings (SSSR count). The van der Waals surface area contributed by atoms with Crippen molar-refractivity contribution in [3.8, 4) is 0 Å². The second kappa shape index (κ2) is 6.18. The number of carbonyl (C=O) groups excluding carboxylic acids is 1. The first-order chi connectivity index (χ1) is 8.77. The van der Waals surface area contributed by atoms with Crippen LogP contribution in [0.25, 0.3) is 10.9 Å². The van der Waals surface area contributed by atoms with Crippen molar-refractivity contribution >= 4 is 16.8 Å². The van der Waals surface area contributed by atoms with Crippen LogP contribution in [0.4, 0.5) is 0 Å². The summed E-state index contributed by atoms with van der Waals surface area (Å²) >= 11 is 0. The average molecular weight is 247 g/mol. The highest BCUT2D eigenvalue weighted by molar-refractivity contribution is 5.82. The number of benzene rings is 1. The zero-order chi connectivity index (χ0) is 12.8. The number of H-pyrrole nitrogens is 1. The zero-order valence-corrected chi connectivity index (χ0v) is 10.1. The first-order valence-corrected chi connectivity index (χ1v) is 5.89. The minimum absolute atomic E-state index is 0.0188. The third kappa shape index (κ3) is 3.32. The topological polar surface area (TPSA) is 80.1 Å². The lowest BCUT2D eigenvalue weighted by Gasteiger charge is -2.06. The molecule has 96 valence electrons. The molecule has 0 spiro atoms. The highest BCUT2D eigenvalue weighted by atomic mass is 16.5. The van der Waals surface area contributed by atoms with E-state index < -0.39 is 5.91 Å². The van der Waals surface area contributed by atoms with E-state index in [0.29, 0.717) is 13.2 Å². The van der Waals surface area contributed by atoms with Crippen LogP contribution >= 0.6 is 0 Å². The van der Waals surface area contributed by atoms with Gasteiger partial charge >= 0.3 is 0 Å². The first-order valence-electron chi connectivity index (χ1n) is 5.89. The lowest BCUT2D eigenvalue weighted by atomic mass is 10.1. The monoisotopic (exact) mass is 247 g/mol. The van der Waals surface area contributed by atoms with Gasteiger partial charge in [0.25, 0.3) is 0 Å². The van der Waals surface area contributed by atoms with Crippen molar-refractivity contribution in [2.45, 2.75) is 6.54 Å². The fourth-order valence-corrected chi connectivity index (χ4v) is 1.84. The highest BCUT2D eigenvalue weighted by Crippen LogP contribution is 2.16. The molecular weight excluding hydrogens is 230 g/mol. The number of aromatic nitrogens is 1. The van der Waals surface area contributed by atoms with Crippen molar-refractivity contribution in [3.05, 3.63) is 36.0 Å². The Bertz CT molecular complexity index is 522. The molecule has 0 saturated carbocycles. The molecule has 2 aromatic rings. The first kappa shape index (κ1) is 12.6. The van der Waals surface area contributed by atoms with Crippen LogP contribution in [0.5, 0.6) is 0 Å². The Balaban J connectivity index is 1.76. The second-order valence-corrected chi connectivity index (χ2v) is 4.05. The van der Waals surface area contributed by atoms with Crippen LogP contribution < -0.4 is 11.1 Å². The van der Waals surface area contributed by atoms with Crippen LogP contribution in [0, 0.1) is 0 Å². The van der Waals surface area contributed by atoms with Crippen LogP contribution in [-0.4, -0.2) is 30.6 Å². The van der Waals surface area contributed by atoms with Gasteiger partial charge in [-0.1, -0.05) is 12.1 Å². The molecule has 5 nitrogen and oxygen atoms in total. The number of rotatable bonds is 7. The maximum atomic E-state index is 10.4. The molecule has 18 heavy (non-hydrogen) atoms. The Hall–Kier alpha value is -1.85. The van der Waals surface area contributed by atoms with E-state index in [1.165, 1.54) is 10.9 Å². The molecule has 4 N–H and O–H groups in total. The van der Waals surface area contributed by atoms with Crippen molar-refractivity contribution < 1.29 is 9.53 Å². The maximum Gasteiger partial charge on any atom is 0.243 e. The summed E-state index contributed by atoms with van der Waals surface area (Å²) in [6.07, 6.45) is 1.93. The van der Waals surface area contributed by atoms with Gasteiger partial charge in [0, 0.05) is 30.2 Å². The average Bonchev–Trinajstić information content (AvgIpc) is 2.82. The van der Waals surface area contributed by atoms with E-state index in [2.05, 4.69) is 28.5 Å². The zero-order valence-electron chi connectivity index (χ0n) is 10.1. The molecule has 0 bridgehead atoms. The molecule has 0 saturated heterocycles. The molecule has 0 fully saturated rings. The molecule has 0 radical (unpaired) electrons. The number of fused-ring (bicyclic) bond motifs is 1. The molecule has 1 heterocycles. The summed E-state index contributed by atoms with van der Waals surface area (Å²) in [5.74, 6) is -0.438. The molecule has 1 amide bonds. The number of carbonyl (C=O) groups is 1. The third-order valence-electron chi connectivity index (χ3n) is 2.67. The summed E-state index contributed by atoms with van der Waals surface area (Å²) in [6.45, 7) is 1.92. The molecular formula is C13H17N3O2. The van der Waals surface area contributed by atoms with E-state index in [-0.39, 0.29) is 6.61 Å². The van der Waals surface area contributed by atoms with Crippen molar-refractivity contribution in [3.63, 3.8) is 0 Å². The summed E-state index contributed by atoms with van der Waals surface area (Å²) in [5.41, 5.74) is 7.34. The van der Waals surface area contributed by atoms with Gasteiger partial charge in [0.05, 0.1) is 6.61 Å². The Labute approximate surface area is 105 Å². The van der Waals surface area contributed by atoms with E-state index in [1.807, 2.05) is 12.3 Å². The van der Waals surface area contributed by atoms with Crippen LogP contribution in [0.1, 0.15) is 5.56 Å². The minimum atomic E-state index is -0.438. The number of nitrogens with one attached hydrogen (secondary N) is 2. The predicted molar refractivity (Wildman–Crippen MR) is 70.0 cm³/mol. The van der Waals surface area contributed by atoms with Crippen LogP contribution in [0.3, 0.4) is 0 Å². The summed E-state index contributed by atoms with van der Waals surface area (Å²) in [6, 6.07) is 8.23. The molecule has 1 aromatic heterocycles. The Morgan fingerprint density at radius 1 is 1.39 bits per heavy atom. The van der Waals surface area contributed by atoms with Crippen LogP contribution in [0.2, 0.25) is 0 Å². The highest BCUT2D eigenvalue weighted by Gasteiger charge is 2.00. The van der Waals surface area contributed by atoms with E-state index in [9.17, 15) is 4.79 Å². The molecule has 0 aliphatic rings. The normalized spacial score (nSPS) is 10.9. The number of aromatic amines is 1. The van der Waals surface area contributed by atoms with Gasteiger partial charge in [-0.15, -0.1) is 0 Å². The SMILES string of the molecule is NC(=O)COCCNCc1cccc2[nH]ccc12. The van der Waals surface area contributed by atoms with Gasteiger partial charge in [0.2, 0.25) is 5.91 Å². The van der Waals surface area contributed by atoms with E-state index in [1.54, 1.807) is 0 Å². The van der Waals surface area contributed by atoms with E-state index in [0.717, 1.165) is 12.1 Å². The fraction of sp³-hybridized carbons (Fsp3) is 0.308. The van der Waals surface area contributed by atoms with E-state index >= 15 is 0 Å². The summed E-state index contributed by atoms with van der Waals surface area (Å²) in [7, 11) is 0. The second-order valence-electron chi connectivity index (χ2n) is 4.05. The fourth-order valence-electron chi connectivity index (χ4n) is 1.84. The molecule has 1 aromatic carbocycles. The van der Waals surface area contributed by atoms with Crippen molar-refractivity contribution in [1.82, 2.24) is 10.3 Å². The number of nitrogens with two attached hydrogens (primary N) is 1. The largest absolute Gasteiger partial charge is 0.370 e. The lowest BCUT2D eigenvalue weighted by molar-refractivity contribution is -0.122. The molecule has 5 heteroatoms. The van der Waals surface area contributed by atoms with Gasteiger partial charge in [-0.05, 0) is 17.7 Å². The number of hydrogen-bond acceptors (Lipinski definition) is 3. The van der Waals surface area contributed by atoms with Crippen molar-refractivity contribution in [2.75, 3.05) is 19.8 Å². The smallest absolute Gasteiger partial charge is 0.243 e. The van der Waals surface area contributed by atoms with Gasteiger partial charge in [-0.2, -0.15) is 0 Å². The van der Waals surface area contributed by atoms with E-state index in [4.69, 9.17) is 10.5 Å². The van der Waals surface area contributed by atoms with Gasteiger partial charge < -0.3 is 20.8 Å².